The second-order valence-corrected chi connectivity index (χ2v) is 11.3. The van der Waals surface area contributed by atoms with E-state index in [-0.39, 0.29) is 23.3 Å². The normalized spacial score (nSPS) is 21.3. The van der Waals surface area contributed by atoms with Crippen molar-refractivity contribution >= 4 is 17.5 Å². The highest BCUT2D eigenvalue weighted by Gasteiger charge is 2.39. The quantitative estimate of drug-likeness (QED) is 0.528. The lowest BCUT2D eigenvalue weighted by Gasteiger charge is -2.35. The Balaban J connectivity index is 1.78. The zero-order chi connectivity index (χ0) is 26.6. The number of anilines is 1. The molecule has 8 heteroatoms. The number of β-amino-alcohol motifs (C(OH)–C–C–N with tert-alkyl or cyclic N) is 1. The maximum Gasteiger partial charge on any atom is 0.248 e. The Morgan fingerprint density at radius 2 is 1.84 bits per heavy atom. The van der Waals surface area contributed by atoms with E-state index in [1.807, 2.05) is 24.3 Å². The molecule has 1 aliphatic heterocycles. The van der Waals surface area contributed by atoms with Gasteiger partial charge >= 0.3 is 0 Å². The molecule has 1 saturated heterocycles. The molecule has 2 fully saturated rings. The summed E-state index contributed by atoms with van der Waals surface area (Å²) in [5, 5.41) is 16.5. The molecule has 2 amide bonds. The topological polar surface area (TPSA) is 104 Å². The summed E-state index contributed by atoms with van der Waals surface area (Å²) in [6, 6.07) is 8.11. The Kier molecular flexibility index (Phi) is 8.49. The predicted octanol–water partition coefficient (Wildman–Crippen LogP) is 3.63. The molecule has 0 radical (unpaired) electrons. The van der Waals surface area contributed by atoms with Crippen molar-refractivity contribution in [2.75, 3.05) is 18.6 Å². The number of amides is 2. The summed E-state index contributed by atoms with van der Waals surface area (Å²) in [4.78, 5) is 33.9. The highest BCUT2D eigenvalue weighted by molar-refractivity contribution is 6.04. The molecule has 37 heavy (non-hydrogen) atoms. The molecule has 4 rings (SSSR count). The molecule has 2 heterocycles. The highest BCUT2D eigenvalue weighted by atomic mass is 16.5. The van der Waals surface area contributed by atoms with Crippen LogP contribution >= 0.6 is 0 Å². The first-order valence-corrected chi connectivity index (χ1v) is 13.3. The van der Waals surface area contributed by atoms with Gasteiger partial charge in [0.25, 0.3) is 0 Å². The first-order valence-electron chi connectivity index (χ1n) is 13.3. The third-order valence-corrected chi connectivity index (χ3v) is 7.40. The minimum Gasteiger partial charge on any atom is -0.495 e. The molecule has 2 aliphatic rings. The van der Waals surface area contributed by atoms with E-state index in [2.05, 4.69) is 36.4 Å². The molecular formula is C29H40N4O4. The summed E-state index contributed by atoms with van der Waals surface area (Å²) in [5.41, 5.74) is 2.26. The molecule has 3 N–H and O–H groups in total. The first-order chi connectivity index (χ1) is 17.7. The zero-order valence-electron chi connectivity index (χ0n) is 22.4. The second kappa shape index (κ2) is 11.6. The van der Waals surface area contributed by atoms with E-state index in [4.69, 9.17) is 4.74 Å². The van der Waals surface area contributed by atoms with Gasteiger partial charge in [0.15, 0.2) is 0 Å². The van der Waals surface area contributed by atoms with Crippen LogP contribution < -0.4 is 20.3 Å². The number of pyridine rings is 1. The van der Waals surface area contributed by atoms with Gasteiger partial charge in [-0.3, -0.25) is 19.5 Å². The number of benzene rings is 1. The van der Waals surface area contributed by atoms with Gasteiger partial charge in [-0.15, -0.1) is 0 Å². The van der Waals surface area contributed by atoms with Crippen molar-refractivity contribution in [3.8, 4) is 5.75 Å². The van der Waals surface area contributed by atoms with Crippen molar-refractivity contribution in [3.05, 3.63) is 53.9 Å². The molecule has 3 atom stereocenters. The number of hydrogen-bond acceptors (Lipinski definition) is 6. The lowest BCUT2D eigenvalue weighted by Crippen LogP contribution is -2.51. The molecule has 8 nitrogen and oxygen atoms in total. The van der Waals surface area contributed by atoms with E-state index in [0.717, 1.165) is 31.2 Å². The molecule has 2 aromatic rings. The number of rotatable bonds is 7. The van der Waals surface area contributed by atoms with Crippen LogP contribution in [0.3, 0.4) is 0 Å². The molecule has 1 aromatic heterocycles. The zero-order valence-corrected chi connectivity index (χ0v) is 22.4. The highest BCUT2D eigenvalue weighted by Crippen LogP contribution is 2.33. The van der Waals surface area contributed by atoms with Gasteiger partial charge in [0.1, 0.15) is 11.8 Å². The minimum atomic E-state index is -0.947. The van der Waals surface area contributed by atoms with E-state index >= 15 is 0 Å². The van der Waals surface area contributed by atoms with Crippen LogP contribution in [0, 0.1) is 0 Å². The Morgan fingerprint density at radius 1 is 1.14 bits per heavy atom. The monoisotopic (exact) mass is 508 g/mol. The van der Waals surface area contributed by atoms with E-state index < -0.39 is 18.2 Å². The van der Waals surface area contributed by atoms with Crippen LogP contribution in [-0.2, 0) is 15.0 Å². The number of carbonyl (C=O) groups is 2. The van der Waals surface area contributed by atoms with Gasteiger partial charge in [-0.05, 0) is 48.4 Å². The number of aliphatic hydroxyl groups is 1. The number of hydrogen-bond donors (Lipinski definition) is 3. The van der Waals surface area contributed by atoms with Crippen molar-refractivity contribution in [2.24, 2.45) is 0 Å². The summed E-state index contributed by atoms with van der Waals surface area (Å²) in [6.07, 6.45) is 8.09. The van der Waals surface area contributed by atoms with E-state index in [1.54, 1.807) is 30.5 Å². The van der Waals surface area contributed by atoms with Crippen LogP contribution in [-0.4, -0.2) is 53.7 Å². The number of ether oxygens (including phenoxy) is 1. The fraction of sp³-hybridized carbons (Fsp3) is 0.552. The molecule has 200 valence electrons. The second-order valence-electron chi connectivity index (χ2n) is 11.3. The lowest BCUT2D eigenvalue weighted by molar-refractivity contribution is -0.128. The van der Waals surface area contributed by atoms with Crippen LogP contribution in [0.5, 0.6) is 5.75 Å². The van der Waals surface area contributed by atoms with Gasteiger partial charge in [-0.1, -0.05) is 52.2 Å². The third kappa shape index (κ3) is 6.48. The maximum absolute atomic E-state index is 14.1. The Hall–Kier alpha value is -2.97. The third-order valence-electron chi connectivity index (χ3n) is 7.40. The lowest BCUT2D eigenvalue weighted by atomic mass is 9.87. The molecule has 1 saturated carbocycles. The number of nitrogens with one attached hydrogen (secondary N) is 2. The van der Waals surface area contributed by atoms with Crippen molar-refractivity contribution in [1.29, 1.82) is 0 Å². The minimum absolute atomic E-state index is 0.0566. The Morgan fingerprint density at radius 3 is 2.43 bits per heavy atom. The molecule has 3 unspecified atom stereocenters. The Labute approximate surface area is 219 Å². The number of methoxy groups -OCH3 is 1. The number of nitrogens with zero attached hydrogens (tertiary/aromatic N) is 2. The van der Waals surface area contributed by atoms with Crippen molar-refractivity contribution in [3.63, 3.8) is 0 Å². The Bertz CT molecular complexity index is 1080. The molecule has 0 spiro atoms. The van der Waals surface area contributed by atoms with E-state index in [9.17, 15) is 14.7 Å². The van der Waals surface area contributed by atoms with Gasteiger partial charge in [-0.25, -0.2) is 0 Å². The first kappa shape index (κ1) is 27.1. The van der Waals surface area contributed by atoms with Crippen molar-refractivity contribution < 1.29 is 19.4 Å². The SMILES string of the molecule is COc1cncc(C(C(=O)NC2CCCCC2)N(C(=O)C2CC(O)CN2)c2ccc(C(C)(C)C)cc2)c1. The maximum atomic E-state index is 14.1. The number of carbonyl (C=O) groups excluding carboxylic acids is 2. The average molecular weight is 509 g/mol. The van der Waals surface area contributed by atoms with Gasteiger partial charge in [-0.2, -0.15) is 0 Å². The summed E-state index contributed by atoms with van der Waals surface area (Å²) in [7, 11) is 1.55. The van der Waals surface area contributed by atoms with E-state index in [0.29, 0.717) is 30.0 Å². The summed E-state index contributed by atoms with van der Waals surface area (Å²) >= 11 is 0. The summed E-state index contributed by atoms with van der Waals surface area (Å²) in [6.45, 7) is 6.75. The van der Waals surface area contributed by atoms with Gasteiger partial charge in [0.2, 0.25) is 11.8 Å². The standard InChI is InChI=1S/C29H40N4O4/c1-29(2,3)20-10-12-22(13-11-20)33(28(36)25-15-23(34)17-31-25)26(19-14-24(37-4)18-30-16-19)27(35)32-21-8-6-5-7-9-21/h10-14,16,18,21,23,25-26,31,34H,5-9,15,17H2,1-4H3,(H,32,35). The van der Waals surface area contributed by atoms with Crippen LogP contribution in [0.15, 0.2) is 42.7 Å². The smallest absolute Gasteiger partial charge is 0.248 e. The van der Waals surface area contributed by atoms with E-state index in [1.165, 1.54) is 6.42 Å². The van der Waals surface area contributed by atoms with Gasteiger partial charge in [0.05, 0.1) is 25.5 Å². The van der Waals surface area contributed by atoms with Crippen LogP contribution in [0.1, 0.15) is 76.5 Å². The number of aliphatic hydroxyl groups excluding tert-OH is 1. The van der Waals surface area contributed by atoms with Gasteiger partial charge < -0.3 is 20.5 Å². The molecule has 1 aromatic carbocycles. The fourth-order valence-electron chi connectivity index (χ4n) is 5.24. The average Bonchev–Trinajstić information content (AvgIpc) is 3.33. The van der Waals surface area contributed by atoms with Crippen molar-refractivity contribution in [2.45, 2.75) is 88.9 Å². The molecule has 0 bridgehead atoms. The summed E-state index contributed by atoms with van der Waals surface area (Å²) in [5.74, 6) is 0.0123. The van der Waals surface area contributed by atoms with Crippen LogP contribution in [0.25, 0.3) is 0 Å². The van der Waals surface area contributed by atoms with Crippen LogP contribution in [0.4, 0.5) is 5.69 Å². The van der Waals surface area contributed by atoms with Crippen molar-refractivity contribution in [1.82, 2.24) is 15.6 Å². The fourth-order valence-corrected chi connectivity index (χ4v) is 5.24. The van der Waals surface area contributed by atoms with Gasteiger partial charge in [0, 0.05) is 30.0 Å². The van der Waals surface area contributed by atoms with Crippen LogP contribution in [0.2, 0.25) is 0 Å². The number of aromatic nitrogens is 1. The molecular weight excluding hydrogens is 468 g/mol. The predicted molar refractivity (Wildman–Crippen MR) is 144 cm³/mol. The molecule has 1 aliphatic carbocycles. The summed E-state index contributed by atoms with van der Waals surface area (Å²) < 4.78 is 5.40. The largest absolute Gasteiger partial charge is 0.495 e.